The molecule has 14 heavy (non-hydrogen) atoms. The van der Waals surface area contributed by atoms with E-state index in [0.717, 1.165) is 12.2 Å². The van der Waals surface area contributed by atoms with E-state index in [4.69, 9.17) is 5.73 Å². The molecule has 0 aromatic rings. The minimum Gasteiger partial charge on any atom is -0.368 e. The van der Waals surface area contributed by atoms with E-state index in [-0.39, 0.29) is 11.9 Å². The molecular formula is C10H16N2OS. The number of thioether (sulfide) groups is 1. The third-order valence-electron chi connectivity index (χ3n) is 2.25. The van der Waals surface area contributed by atoms with Gasteiger partial charge in [-0.1, -0.05) is 12.2 Å². The summed E-state index contributed by atoms with van der Waals surface area (Å²) >= 11 is 1.76. The van der Waals surface area contributed by atoms with Crippen LogP contribution in [0.3, 0.4) is 0 Å². The monoisotopic (exact) mass is 212 g/mol. The molecule has 2 N–H and O–H groups in total. The molecule has 2 atom stereocenters. The normalized spacial score (nSPS) is 27.4. The van der Waals surface area contributed by atoms with Gasteiger partial charge >= 0.3 is 0 Å². The largest absolute Gasteiger partial charge is 0.368 e. The number of nitrogens with zero attached hydrogens (tertiary/aromatic N) is 1. The molecule has 3 nitrogen and oxygen atoms in total. The van der Waals surface area contributed by atoms with Crippen LogP contribution < -0.4 is 5.73 Å². The molecule has 1 amide bonds. The molecule has 0 radical (unpaired) electrons. The van der Waals surface area contributed by atoms with Gasteiger partial charge in [0.2, 0.25) is 5.91 Å². The number of carbonyl (C=O) groups is 1. The van der Waals surface area contributed by atoms with Gasteiger partial charge in [-0.25, -0.2) is 0 Å². The Morgan fingerprint density at radius 2 is 2.29 bits per heavy atom. The van der Waals surface area contributed by atoms with Gasteiger partial charge in [0.05, 0.1) is 11.4 Å². The number of primary amides is 1. The van der Waals surface area contributed by atoms with E-state index in [9.17, 15) is 4.79 Å². The third-order valence-corrected chi connectivity index (χ3v) is 3.61. The van der Waals surface area contributed by atoms with Gasteiger partial charge in [-0.15, -0.1) is 24.9 Å². The van der Waals surface area contributed by atoms with Crippen molar-refractivity contribution in [2.45, 2.75) is 17.8 Å². The van der Waals surface area contributed by atoms with Crippen molar-refractivity contribution < 1.29 is 4.79 Å². The van der Waals surface area contributed by atoms with Crippen LogP contribution in [0.5, 0.6) is 0 Å². The first-order chi connectivity index (χ1) is 6.70. The van der Waals surface area contributed by atoms with E-state index < -0.39 is 0 Å². The van der Waals surface area contributed by atoms with Crippen molar-refractivity contribution >= 4 is 17.7 Å². The maximum Gasteiger partial charge on any atom is 0.235 e. The molecule has 1 fully saturated rings. The van der Waals surface area contributed by atoms with E-state index in [1.54, 1.807) is 17.8 Å². The molecule has 78 valence electrons. The summed E-state index contributed by atoms with van der Waals surface area (Å²) in [5, 5.41) is 0.322. The zero-order valence-corrected chi connectivity index (χ0v) is 9.00. The van der Waals surface area contributed by atoms with Gasteiger partial charge in [0.25, 0.3) is 0 Å². The Kier molecular flexibility index (Phi) is 4.22. The van der Waals surface area contributed by atoms with Crippen LogP contribution in [0, 0.1) is 0 Å². The van der Waals surface area contributed by atoms with Crippen LogP contribution >= 0.6 is 11.8 Å². The van der Waals surface area contributed by atoms with Crippen molar-refractivity contribution in [2.24, 2.45) is 5.73 Å². The number of hydrogen-bond acceptors (Lipinski definition) is 3. The molecule has 1 aliphatic heterocycles. The molecule has 1 saturated heterocycles. The maximum absolute atomic E-state index is 11.1. The molecule has 0 aliphatic carbocycles. The summed E-state index contributed by atoms with van der Waals surface area (Å²) in [5.74, 6) is 0.535. The van der Waals surface area contributed by atoms with E-state index >= 15 is 0 Å². The Morgan fingerprint density at radius 3 is 2.79 bits per heavy atom. The van der Waals surface area contributed by atoms with Crippen LogP contribution in [0.15, 0.2) is 25.3 Å². The molecule has 0 aromatic heterocycles. The fourth-order valence-electron chi connectivity index (χ4n) is 1.58. The van der Waals surface area contributed by atoms with Crippen LogP contribution in [0.4, 0.5) is 0 Å². The first-order valence-corrected chi connectivity index (χ1v) is 5.64. The van der Waals surface area contributed by atoms with Crippen molar-refractivity contribution in [3.8, 4) is 0 Å². The Hall–Kier alpha value is -0.740. The number of carbonyl (C=O) groups excluding carboxylic acids is 1. The van der Waals surface area contributed by atoms with Gasteiger partial charge in [-0.3, -0.25) is 9.69 Å². The summed E-state index contributed by atoms with van der Waals surface area (Å²) in [6.07, 6.45) is 4.55. The van der Waals surface area contributed by atoms with Crippen LogP contribution in [-0.2, 0) is 4.79 Å². The lowest BCUT2D eigenvalue weighted by Crippen LogP contribution is -2.44. The van der Waals surface area contributed by atoms with E-state index in [0.29, 0.717) is 11.9 Å². The summed E-state index contributed by atoms with van der Waals surface area (Å²) in [5.41, 5.74) is 5.32. The fraction of sp³-hybridized carbons (Fsp3) is 0.500. The van der Waals surface area contributed by atoms with Gasteiger partial charge in [-0.2, -0.15) is 0 Å². The Bertz CT molecular complexity index is 242. The van der Waals surface area contributed by atoms with Crippen molar-refractivity contribution in [1.82, 2.24) is 4.90 Å². The van der Waals surface area contributed by atoms with Crippen molar-refractivity contribution in [3.63, 3.8) is 0 Å². The van der Waals surface area contributed by atoms with E-state index in [1.165, 1.54) is 0 Å². The maximum atomic E-state index is 11.1. The predicted molar refractivity (Wildman–Crippen MR) is 60.9 cm³/mol. The van der Waals surface area contributed by atoms with Gasteiger partial charge in [0.15, 0.2) is 0 Å². The average Bonchev–Trinajstić information content (AvgIpc) is 2.50. The number of hydrogen-bond donors (Lipinski definition) is 1. The lowest BCUT2D eigenvalue weighted by molar-refractivity contribution is -0.122. The fourth-order valence-corrected chi connectivity index (χ4v) is 3.04. The van der Waals surface area contributed by atoms with Gasteiger partial charge in [0.1, 0.15) is 0 Å². The summed E-state index contributed by atoms with van der Waals surface area (Å²) in [6.45, 7) is 8.10. The highest BCUT2D eigenvalue weighted by molar-refractivity contribution is 8.00. The first-order valence-electron chi connectivity index (χ1n) is 4.59. The Morgan fingerprint density at radius 1 is 1.57 bits per heavy atom. The number of nitrogens with two attached hydrogens (primary N) is 1. The summed E-state index contributed by atoms with van der Waals surface area (Å²) in [4.78, 5) is 13.2. The van der Waals surface area contributed by atoms with E-state index in [1.807, 2.05) is 6.08 Å². The van der Waals surface area contributed by atoms with Gasteiger partial charge < -0.3 is 5.73 Å². The second-order valence-corrected chi connectivity index (χ2v) is 4.43. The Balaban J connectivity index is 2.67. The molecule has 0 bridgehead atoms. The SMILES string of the molecule is C=CCC1SCC(C(N)=O)N1CC=C. The molecule has 1 rings (SSSR count). The topological polar surface area (TPSA) is 46.3 Å². The minimum atomic E-state index is -0.245. The molecule has 1 heterocycles. The van der Waals surface area contributed by atoms with Crippen LogP contribution in [-0.4, -0.2) is 34.5 Å². The number of amides is 1. The minimum absolute atomic E-state index is 0.150. The third kappa shape index (κ3) is 2.39. The van der Waals surface area contributed by atoms with Crippen LogP contribution in [0.1, 0.15) is 6.42 Å². The predicted octanol–water partition coefficient (Wildman–Crippen LogP) is 0.977. The van der Waals surface area contributed by atoms with Gasteiger partial charge in [-0.05, 0) is 6.42 Å². The van der Waals surface area contributed by atoms with Crippen molar-refractivity contribution in [1.29, 1.82) is 0 Å². The highest BCUT2D eigenvalue weighted by atomic mass is 32.2. The molecule has 1 aliphatic rings. The standard InChI is InChI=1S/C10H16N2OS/c1-3-5-9-12(6-4-2)8(7-14-9)10(11)13/h3-4,8-9H,1-2,5-7H2,(H2,11,13). The van der Waals surface area contributed by atoms with Gasteiger partial charge in [0, 0.05) is 12.3 Å². The lowest BCUT2D eigenvalue weighted by atomic mass is 10.2. The molecule has 4 heteroatoms. The molecule has 2 unspecified atom stereocenters. The summed E-state index contributed by atoms with van der Waals surface area (Å²) < 4.78 is 0. The lowest BCUT2D eigenvalue weighted by Gasteiger charge is -2.25. The average molecular weight is 212 g/mol. The summed E-state index contributed by atoms with van der Waals surface area (Å²) in [7, 11) is 0. The smallest absolute Gasteiger partial charge is 0.235 e. The molecule has 0 aromatic carbocycles. The molecular weight excluding hydrogens is 196 g/mol. The second kappa shape index (κ2) is 5.22. The van der Waals surface area contributed by atoms with Crippen LogP contribution in [0.2, 0.25) is 0 Å². The quantitative estimate of drug-likeness (QED) is 0.691. The van der Waals surface area contributed by atoms with Crippen molar-refractivity contribution in [2.75, 3.05) is 12.3 Å². The zero-order valence-electron chi connectivity index (χ0n) is 8.19. The first kappa shape index (κ1) is 11.3. The Labute approximate surface area is 89.0 Å². The molecule has 0 spiro atoms. The summed E-state index contributed by atoms with van der Waals surface area (Å²) in [6, 6.07) is -0.150. The number of rotatable bonds is 5. The zero-order chi connectivity index (χ0) is 10.6. The second-order valence-electron chi connectivity index (χ2n) is 3.22. The highest BCUT2D eigenvalue weighted by Crippen LogP contribution is 2.30. The molecule has 0 saturated carbocycles. The van der Waals surface area contributed by atoms with Crippen LogP contribution in [0.25, 0.3) is 0 Å². The van der Waals surface area contributed by atoms with Crippen molar-refractivity contribution in [3.05, 3.63) is 25.3 Å². The highest BCUT2D eigenvalue weighted by Gasteiger charge is 2.35. The van der Waals surface area contributed by atoms with E-state index in [2.05, 4.69) is 18.1 Å².